The minimum absolute atomic E-state index is 0.119. The summed E-state index contributed by atoms with van der Waals surface area (Å²) >= 11 is 5.01. The SMILES string of the molecule is OCC(CO)(Cc1nccs1)c1ccccc1Br. The van der Waals surface area contributed by atoms with E-state index in [1.165, 1.54) is 11.3 Å². The van der Waals surface area contributed by atoms with Gasteiger partial charge < -0.3 is 10.2 Å². The molecule has 0 spiro atoms. The second kappa shape index (κ2) is 5.93. The molecule has 2 aromatic rings. The molecule has 1 heterocycles. The van der Waals surface area contributed by atoms with Crippen molar-refractivity contribution in [3.05, 3.63) is 50.9 Å². The van der Waals surface area contributed by atoms with E-state index in [-0.39, 0.29) is 13.2 Å². The Balaban J connectivity index is 2.40. The maximum atomic E-state index is 9.75. The molecule has 5 heteroatoms. The van der Waals surface area contributed by atoms with E-state index in [2.05, 4.69) is 20.9 Å². The second-order valence-corrected chi connectivity index (χ2v) is 6.01. The molecule has 0 fully saturated rings. The fourth-order valence-electron chi connectivity index (χ4n) is 1.95. The summed E-state index contributed by atoms with van der Waals surface area (Å²) in [7, 11) is 0. The Labute approximate surface area is 118 Å². The number of benzene rings is 1. The van der Waals surface area contributed by atoms with Crippen LogP contribution in [0.5, 0.6) is 0 Å². The van der Waals surface area contributed by atoms with Crippen molar-refractivity contribution >= 4 is 27.3 Å². The first kappa shape index (κ1) is 13.7. The highest BCUT2D eigenvalue weighted by Crippen LogP contribution is 2.33. The van der Waals surface area contributed by atoms with Gasteiger partial charge in [0.2, 0.25) is 0 Å². The van der Waals surface area contributed by atoms with Crippen LogP contribution in [0.25, 0.3) is 0 Å². The molecule has 0 bridgehead atoms. The Morgan fingerprint density at radius 1 is 1.22 bits per heavy atom. The highest BCUT2D eigenvalue weighted by Gasteiger charge is 2.33. The van der Waals surface area contributed by atoms with E-state index in [1.807, 2.05) is 29.6 Å². The second-order valence-electron chi connectivity index (χ2n) is 4.18. The van der Waals surface area contributed by atoms with Crippen molar-refractivity contribution in [2.45, 2.75) is 11.8 Å². The van der Waals surface area contributed by atoms with Gasteiger partial charge in [0, 0.05) is 27.9 Å². The highest BCUT2D eigenvalue weighted by atomic mass is 79.9. The van der Waals surface area contributed by atoms with Gasteiger partial charge in [-0.05, 0) is 11.6 Å². The number of rotatable bonds is 5. The maximum Gasteiger partial charge on any atom is 0.0935 e. The van der Waals surface area contributed by atoms with Crippen LogP contribution in [0.3, 0.4) is 0 Å². The molecule has 0 radical (unpaired) electrons. The molecule has 0 unspecified atom stereocenters. The Hall–Kier alpha value is -0.750. The Kier molecular flexibility index (Phi) is 4.50. The van der Waals surface area contributed by atoms with Gasteiger partial charge in [0.25, 0.3) is 0 Å². The molecule has 18 heavy (non-hydrogen) atoms. The monoisotopic (exact) mass is 327 g/mol. The molecule has 0 atom stereocenters. The third kappa shape index (κ3) is 2.64. The van der Waals surface area contributed by atoms with Gasteiger partial charge >= 0.3 is 0 Å². The summed E-state index contributed by atoms with van der Waals surface area (Å²) in [5.74, 6) is 0. The quantitative estimate of drug-likeness (QED) is 0.886. The molecule has 0 aliphatic rings. The number of hydrogen-bond acceptors (Lipinski definition) is 4. The normalized spacial score (nSPS) is 11.7. The molecule has 96 valence electrons. The Morgan fingerprint density at radius 2 is 1.94 bits per heavy atom. The number of halogens is 1. The zero-order valence-corrected chi connectivity index (χ0v) is 12.1. The van der Waals surface area contributed by atoms with Crippen molar-refractivity contribution < 1.29 is 10.2 Å². The van der Waals surface area contributed by atoms with Crippen molar-refractivity contribution in [1.29, 1.82) is 0 Å². The maximum absolute atomic E-state index is 9.75. The van der Waals surface area contributed by atoms with Crippen LogP contribution in [-0.4, -0.2) is 28.4 Å². The average Bonchev–Trinajstić information content (AvgIpc) is 2.90. The van der Waals surface area contributed by atoms with E-state index in [1.54, 1.807) is 6.20 Å². The summed E-state index contributed by atoms with van der Waals surface area (Å²) in [6.45, 7) is -0.239. The number of aromatic nitrogens is 1. The van der Waals surface area contributed by atoms with E-state index < -0.39 is 5.41 Å². The lowest BCUT2D eigenvalue weighted by Gasteiger charge is -2.30. The fourth-order valence-corrected chi connectivity index (χ4v) is 3.41. The van der Waals surface area contributed by atoms with Crippen LogP contribution in [0.2, 0.25) is 0 Å². The summed E-state index contributed by atoms with van der Waals surface area (Å²) in [5, 5.41) is 22.3. The molecule has 0 aliphatic heterocycles. The van der Waals surface area contributed by atoms with Gasteiger partial charge in [-0.25, -0.2) is 4.98 Å². The number of hydrogen-bond donors (Lipinski definition) is 2. The highest BCUT2D eigenvalue weighted by molar-refractivity contribution is 9.10. The minimum atomic E-state index is -0.696. The molecule has 0 saturated heterocycles. The van der Waals surface area contributed by atoms with Crippen LogP contribution in [0, 0.1) is 0 Å². The third-order valence-corrected chi connectivity index (χ3v) is 4.49. The average molecular weight is 328 g/mol. The smallest absolute Gasteiger partial charge is 0.0935 e. The van der Waals surface area contributed by atoms with Gasteiger partial charge in [0.05, 0.1) is 18.2 Å². The lowest BCUT2D eigenvalue weighted by molar-refractivity contribution is 0.115. The molecule has 0 aliphatic carbocycles. The van der Waals surface area contributed by atoms with Gasteiger partial charge in [-0.15, -0.1) is 11.3 Å². The number of aliphatic hydroxyl groups excluding tert-OH is 2. The first-order valence-electron chi connectivity index (χ1n) is 5.57. The van der Waals surface area contributed by atoms with Crippen LogP contribution >= 0.6 is 27.3 Å². The summed E-state index contributed by atoms with van der Waals surface area (Å²) in [6.07, 6.45) is 2.26. The van der Waals surface area contributed by atoms with Crippen LogP contribution in [-0.2, 0) is 11.8 Å². The van der Waals surface area contributed by atoms with E-state index >= 15 is 0 Å². The van der Waals surface area contributed by atoms with Crippen LogP contribution < -0.4 is 0 Å². The van der Waals surface area contributed by atoms with Crippen LogP contribution in [0.4, 0.5) is 0 Å². The summed E-state index contributed by atoms with van der Waals surface area (Å²) < 4.78 is 0.893. The van der Waals surface area contributed by atoms with E-state index in [4.69, 9.17) is 0 Å². The van der Waals surface area contributed by atoms with E-state index in [9.17, 15) is 10.2 Å². The molecule has 0 saturated carbocycles. The molecule has 2 rings (SSSR count). The lowest BCUT2D eigenvalue weighted by atomic mass is 9.79. The first-order valence-corrected chi connectivity index (χ1v) is 7.24. The number of aliphatic hydroxyl groups is 2. The molecular weight excluding hydrogens is 314 g/mol. The van der Waals surface area contributed by atoms with Crippen LogP contribution in [0.15, 0.2) is 40.3 Å². The van der Waals surface area contributed by atoms with Crippen molar-refractivity contribution in [3.63, 3.8) is 0 Å². The summed E-state index contributed by atoms with van der Waals surface area (Å²) in [6, 6.07) is 7.65. The van der Waals surface area contributed by atoms with E-state index in [0.29, 0.717) is 6.42 Å². The topological polar surface area (TPSA) is 53.4 Å². The Bertz CT molecular complexity index is 497. The molecule has 3 nitrogen and oxygen atoms in total. The minimum Gasteiger partial charge on any atom is -0.395 e. The van der Waals surface area contributed by atoms with Crippen molar-refractivity contribution in [1.82, 2.24) is 4.98 Å². The molecular formula is C13H14BrNO2S. The predicted molar refractivity (Wildman–Crippen MR) is 75.8 cm³/mol. The van der Waals surface area contributed by atoms with Crippen LogP contribution in [0.1, 0.15) is 10.6 Å². The first-order chi connectivity index (χ1) is 8.72. The third-order valence-electron chi connectivity index (χ3n) is 3.02. The zero-order chi connectivity index (χ0) is 13.0. The number of thiazole rings is 1. The molecule has 1 aromatic carbocycles. The standard InChI is InChI=1S/C13H14BrNO2S/c14-11-4-2-1-3-10(11)13(8-16,9-17)7-12-15-5-6-18-12/h1-6,16-17H,7-9H2. The van der Waals surface area contributed by atoms with Gasteiger partial charge in [0.1, 0.15) is 0 Å². The van der Waals surface area contributed by atoms with Gasteiger partial charge in [-0.1, -0.05) is 34.1 Å². The molecule has 2 N–H and O–H groups in total. The van der Waals surface area contributed by atoms with Gasteiger partial charge in [0.15, 0.2) is 0 Å². The predicted octanol–water partition coefficient (Wildman–Crippen LogP) is 2.37. The van der Waals surface area contributed by atoms with E-state index in [0.717, 1.165) is 15.0 Å². The van der Waals surface area contributed by atoms with Crippen molar-refractivity contribution in [3.8, 4) is 0 Å². The summed E-state index contributed by atoms with van der Waals surface area (Å²) in [5.41, 5.74) is 0.211. The Morgan fingerprint density at radius 3 is 2.50 bits per heavy atom. The molecule has 1 aromatic heterocycles. The van der Waals surface area contributed by atoms with Crippen molar-refractivity contribution in [2.75, 3.05) is 13.2 Å². The largest absolute Gasteiger partial charge is 0.395 e. The number of nitrogens with zero attached hydrogens (tertiary/aromatic N) is 1. The van der Waals surface area contributed by atoms with Crippen molar-refractivity contribution in [2.24, 2.45) is 0 Å². The fraction of sp³-hybridized carbons (Fsp3) is 0.308. The van der Waals surface area contributed by atoms with Gasteiger partial charge in [-0.3, -0.25) is 0 Å². The zero-order valence-electron chi connectivity index (χ0n) is 9.71. The van der Waals surface area contributed by atoms with Gasteiger partial charge in [-0.2, -0.15) is 0 Å². The molecule has 0 amide bonds. The summed E-state index contributed by atoms with van der Waals surface area (Å²) in [4.78, 5) is 4.23. The lowest BCUT2D eigenvalue weighted by Crippen LogP contribution is -2.37.